The van der Waals surface area contributed by atoms with E-state index in [4.69, 9.17) is 14.4 Å². The van der Waals surface area contributed by atoms with Gasteiger partial charge in [0.05, 0.1) is 28.2 Å². The molecular weight excluding hydrogens is 564 g/mol. The first kappa shape index (κ1) is 25.0. The lowest BCUT2D eigenvalue weighted by molar-refractivity contribution is -0.504. The van der Waals surface area contributed by atoms with Crippen molar-refractivity contribution in [3.8, 4) is 28.5 Å². The number of nitrogens with zero attached hydrogens (tertiary/aromatic N) is 4. The van der Waals surface area contributed by atoms with Crippen LogP contribution in [0.2, 0.25) is 0 Å². The number of aromatic nitrogens is 4. The summed E-state index contributed by atoms with van der Waals surface area (Å²) >= 11 is 0. The SMILES string of the molecule is c1ccc2c(c1)cc[n+]1c(-c3ccc(-c4ccc5c(c4)oc4ccccc45)cc3)nc(-n3c4ccccc4c4ccccc43)nc21. The Morgan fingerprint density at radius 2 is 1.09 bits per heavy atom. The van der Waals surface area contributed by atoms with Crippen molar-refractivity contribution in [1.82, 2.24) is 14.5 Å². The van der Waals surface area contributed by atoms with Gasteiger partial charge in [-0.3, -0.25) is 0 Å². The molecule has 0 bridgehead atoms. The summed E-state index contributed by atoms with van der Waals surface area (Å²) in [6.45, 7) is 0. The van der Waals surface area contributed by atoms with Gasteiger partial charge in [0.1, 0.15) is 11.2 Å². The molecule has 10 aromatic rings. The highest BCUT2D eigenvalue weighted by atomic mass is 16.3. The minimum Gasteiger partial charge on any atom is -0.456 e. The van der Waals surface area contributed by atoms with Crippen molar-refractivity contribution in [2.75, 3.05) is 0 Å². The van der Waals surface area contributed by atoms with Gasteiger partial charge in [0.15, 0.2) is 0 Å². The molecule has 0 aliphatic carbocycles. The quantitative estimate of drug-likeness (QED) is 0.152. The standard InChI is InChI=1S/C41H25N4O/c1-2-10-30-27(9-1)23-24-44-39(42-41(43-40(30)44)45-35-14-6-3-11-31(35)32-12-4-7-15-36(32)45)28-19-17-26(18-20-28)29-21-22-34-33-13-5-8-16-37(33)46-38(34)25-29/h1-25H/q+1. The van der Waals surface area contributed by atoms with Crippen LogP contribution in [0.4, 0.5) is 0 Å². The number of para-hydroxylation sites is 3. The van der Waals surface area contributed by atoms with Gasteiger partial charge >= 0.3 is 5.95 Å². The van der Waals surface area contributed by atoms with Crippen LogP contribution in [0.5, 0.6) is 0 Å². The summed E-state index contributed by atoms with van der Waals surface area (Å²) in [5, 5.41) is 6.84. The summed E-state index contributed by atoms with van der Waals surface area (Å²) in [6.07, 6.45) is 2.08. The van der Waals surface area contributed by atoms with E-state index in [2.05, 4.69) is 143 Å². The molecule has 4 aromatic heterocycles. The molecule has 0 spiro atoms. The van der Waals surface area contributed by atoms with Crippen molar-refractivity contribution < 1.29 is 8.82 Å². The van der Waals surface area contributed by atoms with Gasteiger partial charge in [0.2, 0.25) is 0 Å². The maximum atomic E-state index is 6.18. The molecule has 0 fully saturated rings. The van der Waals surface area contributed by atoms with Crippen LogP contribution in [-0.2, 0) is 0 Å². The Morgan fingerprint density at radius 1 is 0.478 bits per heavy atom. The molecule has 0 saturated carbocycles. The van der Waals surface area contributed by atoms with Crippen molar-refractivity contribution in [1.29, 1.82) is 0 Å². The molecule has 0 radical (unpaired) electrons. The lowest BCUT2D eigenvalue weighted by Gasteiger charge is -2.08. The monoisotopic (exact) mass is 589 g/mol. The van der Waals surface area contributed by atoms with E-state index in [1.807, 2.05) is 18.2 Å². The van der Waals surface area contributed by atoms with Crippen LogP contribution in [0.3, 0.4) is 0 Å². The Kier molecular flexibility index (Phi) is 5.22. The smallest absolute Gasteiger partial charge is 0.387 e. The van der Waals surface area contributed by atoms with Crippen LogP contribution < -0.4 is 4.40 Å². The van der Waals surface area contributed by atoms with Crippen LogP contribution in [0, 0.1) is 0 Å². The second kappa shape index (κ2) is 9.58. The van der Waals surface area contributed by atoms with E-state index in [9.17, 15) is 0 Å². The zero-order valence-corrected chi connectivity index (χ0v) is 24.6. The van der Waals surface area contributed by atoms with Gasteiger partial charge in [-0.25, -0.2) is 4.57 Å². The highest BCUT2D eigenvalue weighted by Crippen LogP contribution is 2.34. The first-order valence-corrected chi connectivity index (χ1v) is 15.4. The zero-order chi connectivity index (χ0) is 30.2. The van der Waals surface area contributed by atoms with Crippen LogP contribution in [0.15, 0.2) is 156 Å². The molecule has 5 heteroatoms. The van der Waals surface area contributed by atoms with Crippen molar-refractivity contribution in [2.24, 2.45) is 0 Å². The minimum atomic E-state index is 0.642. The summed E-state index contributed by atoms with van der Waals surface area (Å²) in [4.78, 5) is 10.5. The van der Waals surface area contributed by atoms with Crippen LogP contribution in [0.1, 0.15) is 0 Å². The molecule has 0 N–H and O–H groups in total. The van der Waals surface area contributed by atoms with Crippen molar-refractivity contribution in [2.45, 2.75) is 0 Å². The Morgan fingerprint density at radius 3 is 1.87 bits per heavy atom. The lowest BCUT2D eigenvalue weighted by atomic mass is 10.0. The van der Waals surface area contributed by atoms with E-state index in [1.54, 1.807) is 0 Å². The van der Waals surface area contributed by atoms with E-state index in [-0.39, 0.29) is 0 Å². The summed E-state index contributed by atoms with van der Waals surface area (Å²) < 4.78 is 10.5. The number of rotatable bonds is 3. The van der Waals surface area contributed by atoms with Crippen molar-refractivity contribution in [3.05, 3.63) is 152 Å². The predicted octanol–water partition coefficient (Wildman–Crippen LogP) is 9.70. The Hall–Kier alpha value is -6.33. The molecular formula is C41H25N4O+. The number of benzene rings is 6. The topological polar surface area (TPSA) is 48.0 Å². The second-order valence-electron chi connectivity index (χ2n) is 11.7. The fourth-order valence-corrected chi connectivity index (χ4v) is 6.91. The van der Waals surface area contributed by atoms with Gasteiger partial charge < -0.3 is 4.42 Å². The molecule has 4 heterocycles. The van der Waals surface area contributed by atoms with Crippen LogP contribution in [-0.4, -0.2) is 14.5 Å². The van der Waals surface area contributed by atoms with Gasteiger partial charge in [0, 0.05) is 21.5 Å². The lowest BCUT2D eigenvalue weighted by Crippen LogP contribution is -2.29. The van der Waals surface area contributed by atoms with E-state index in [1.165, 1.54) is 10.8 Å². The Bertz CT molecular complexity index is 2760. The molecule has 0 aliphatic rings. The summed E-state index contributed by atoms with van der Waals surface area (Å²) in [5.74, 6) is 1.47. The van der Waals surface area contributed by atoms with Gasteiger partial charge in [-0.2, -0.15) is 4.40 Å². The highest BCUT2D eigenvalue weighted by Gasteiger charge is 2.24. The normalized spacial score (nSPS) is 11.9. The number of hydrogen-bond acceptors (Lipinski definition) is 3. The third-order valence-corrected chi connectivity index (χ3v) is 9.11. The summed E-state index contributed by atoms with van der Waals surface area (Å²) in [7, 11) is 0. The maximum absolute atomic E-state index is 6.18. The third kappa shape index (κ3) is 3.66. The summed E-state index contributed by atoms with van der Waals surface area (Å²) in [5.41, 5.74) is 8.04. The molecule has 0 aliphatic heterocycles. The number of furan rings is 1. The van der Waals surface area contributed by atoms with Gasteiger partial charge in [-0.1, -0.05) is 91.0 Å². The number of fused-ring (bicyclic) bond motifs is 9. The third-order valence-electron chi connectivity index (χ3n) is 9.11. The fourth-order valence-electron chi connectivity index (χ4n) is 6.91. The van der Waals surface area contributed by atoms with Crippen LogP contribution >= 0.6 is 0 Å². The molecule has 46 heavy (non-hydrogen) atoms. The van der Waals surface area contributed by atoms with Crippen molar-refractivity contribution >= 4 is 60.2 Å². The van der Waals surface area contributed by atoms with E-state index >= 15 is 0 Å². The first-order chi connectivity index (χ1) is 22.8. The zero-order valence-electron chi connectivity index (χ0n) is 24.6. The molecule has 0 unspecified atom stereocenters. The minimum absolute atomic E-state index is 0.642. The van der Waals surface area contributed by atoms with Gasteiger partial charge in [0.25, 0.3) is 11.5 Å². The van der Waals surface area contributed by atoms with E-state index < -0.39 is 0 Å². The average molecular weight is 590 g/mol. The van der Waals surface area contributed by atoms with Gasteiger partial charge in [-0.15, -0.1) is 0 Å². The second-order valence-corrected chi connectivity index (χ2v) is 11.7. The fraction of sp³-hybridized carbons (Fsp3) is 0. The van der Waals surface area contributed by atoms with Crippen LogP contribution in [0.25, 0.3) is 88.6 Å². The summed E-state index contributed by atoms with van der Waals surface area (Å²) in [6, 6.07) is 50.7. The number of hydrogen-bond donors (Lipinski definition) is 0. The maximum Gasteiger partial charge on any atom is 0.387 e. The molecule has 0 amide bonds. The Labute approximate surface area is 263 Å². The molecule has 10 rings (SSSR count). The van der Waals surface area contributed by atoms with E-state index in [0.29, 0.717) is 5.95 Å². The van der Waals surface area contributed by atoms with Crippen molar-refractivity contribution in [3.63, 3.8) is 0 Å². The molecule has 6 aromatic carbocycles. The number of pyridine rings is 1. The molecule has 5 nitrogen and oxygen atoms in total. The van der Waals surface area contributed by atoms with E-state index in [0.717, 1.165) is 71.9 Å². The highest BCUT2D eigenvalue weighted by molar-refractivity contribution is 6.09. The molecule has 214 valence electrons. The largest absolute Gasteiger partial charge is 0.456 e. The van der Waals surface area contributed by atoms with Gasteiger partial charge in [-0.05, 0) is 81.1 Å². The molecule has 0 atom stereocenters. The Balaban J connectivity index is 1.18. The first-order valence-electron chi connectivity index (χ1n) is 15.4. The average Bonchev–Trinajstić information content (AvgIpc) is 3.66. The molecule has 0 saturated heterocycles. The predicted molar refractivity (Wildman–Crippen MR) is 185 cm³/mol.